The third kappa shape index (κ3) is 3.91. The van der Waals surface area contributed by atoms with Gasteiger partial charge < -0.3 is 14.8 Å². The fourth-order valence-corrected chi connectivity index (χ4v) is 3.32. The van der Waals surface area contributed by atoms with E-state index in [0.717, 1.165) is 17.4 Å². The molecule has 1 aliphatic rings. The molecule has 1 aliphatic heterocycles. The molecule has 29 heavy (non-hydrogen) atoms. The Morgan fingerprint density at radius 1 is 1.38 bits per heavy atom. The zero-order valence-electron chi connectivity index (χ0n) is 15.8. The van der Waals surface area contributed by atoms with Crippen molar-refractivity contribution < 1.29 is 23.0 Å². The van der Waals surface area contributed by atoms with Crippen molar-refractivity contribution in [2.75, 3.05) is 20.3 Å². The maximum absolute atomic E-state index is 13.6. The zero-order valence-corrected chi connectivity index (χ0v) is 15.8. The van der Waals surface area contributed by atoms with Crippen molar-refractivity contribution in [1.29, 1.82) is 0 Å². The number of nitrogens with one attached hydrogen (secondary N) is 1. The summed E-state index contributed by atoms with van der Waals surface area (Å²) in [6.07, 6.45) is 0.295. The second-order valence-corrected chi connectivity index (χ2v) is 6.73. The molecule has 0 unspecified atom stereocenters. The monoisotopic (exact) mass is 402 g/mol. The highest BCUT2D eigenvalue weighted by molar-refractivity contribution is 5.99. The Morgan fingerprint density at radius 3 is 2.83 bits per heavy atom. The molecule has 0 saturated carbocycles. The van der Waals surface area contributed by atoms with Crippen LogP contribution in [0.1, 0.15) is 35.3 Å². The Bertz CT molecular complexity index is 1010. The van der Waals surface area contributed by atoms with Gasteiger partial charge in [0, 0.05) is 18.7 Å². The topological polar surface area (TPSA) is 77.8 Å². The van der Waals surface area contributed by atoms with Gasteiger partial charge in [-0.1, -0.05) is 0 Å². The molecule has 2 aromatic heterocycles. The molecule has 3 heterocycles. The van der Waals surface area contributed by atoms with Crippen LogP contribution in [0.4, 0.5) is 8.78 Å². The standard InChI is InChI=1S/C20H20F2N4O3/c1-28-13-6-4-12(5-7-13)16-9-17(18(21)22)26-19(25-16)15(11-24-26)20(27)23-10-14-3-2-8-29-14/h4-7,9,11,14,18H,2-3,8,10H2,1H3,(H,23,27)/t14-/m1/s1. The van der Waals surface area contributed by atoms with Crippen molar-refractivity contribution in [1.82, 2.24) is 19.9 Å². The van der Waals surface area contributed by atoms with Gasteiger partial charge in [-0.15, -0.1) is 0 Å². The number of nitrogens with zero attached hydrogens (tertiary/aromatic N) is 3. The number of rotatable bonds is 6. The number of hydrogen-bond donors (Lipinski definition) is 1. The van der Waals surface area contributed by atoms with E-state index in [1.807, 2.05) is 0 Å². The molecule has 0 aliphatic carbocycles. The first-order chi connectivity index (χ1) is 14.1. The van der Waals surface area contributed by atoms with Crippen LogP contribution in [0.15, 0.2) is 36.5 Å². The lowest BCUT2D eigenvalue weighted by Crippen LogP contribution is -2.31. The number of alkyl halides is 2. The molecule has 1 fully saturated rings. The molecule has 7 nitrogen and oxygen atoms in total. The lowest BCUT2D eigenvalue weighted by atomic mass is 10.1. The minimum atomic E-state index is -2.78. The molecule has 0 radical (unpaired) electrons. The van der Waals surface area contributed by atoms with Crippen LogP contribution in [-0.2, 0) is 4.74 Å². The van der Waals surface area contributed by atoms with E-state index in [-0.39, 0.29) is 23.0 Å². The number of carbonyl (C=O) groups excluding carboxylic acids is 1. The Hall–Kier alpha value is -3.07. The molecule has 1 aromatic carbocycles. The summed E-state index contributed by atoms with van der Waals surface area (Å²) < 4.78 is 38.9. The zero-order chi connectivity index (χ0) is 20.4. The van der Waals surface area contributed by atoms with E-state index in [0.29, 0.717) is 30.2 Å². The van der Waals surface area contributed by atoms with Crippen LogP contribution in [0.25, 0.3) is 16.9 Å². The number of amides is 1. The second kappa shape index (κ2) is 8.12. The molecule has 0 spiro atoms. The molecule has 1 atom stereocenters. The predicted molar refractivity (Wildman–Crippen MR) is 101 cm³/mol. The summed E-state index contributed by atoms with van der Waals surface area (Å²) in [5.41, 5.74) is 0.837. The largest absolute Gasteiger partial charge is 0.497 e. The van der Waals surface area contributed by atoms with Crippen LogP contribution in [-0.4, -0.2) is 46.9 Å². The van der Waals surface area contributed by atoms with Crippen molar-refractivity contribution in [3.63, 3.8) is 0 Å². The van der Waals surface area contributed by atoms with Crippen molar-refractivity contribution in [3.05, 3.63) is 47.8 Å². The average molecular weight is 402 g/mol. The number of ether oxygens (including phenoxy) is 2. The van der Waals surface area contributed by atoms with E-state index in [9.17, 15) is 13.6 Å². The Morgan fingerprint density at radius 2 is 2.17 bits per heavy atom. The summed E-state index contributed by atoms with van der Waals surface area (Å²) >= 11 is 0. The van der Waals surface area contributed by atoms with Crippen molar-refractivity contribution >= 4 is 11.6 Å². The molecular weight excluding hydrogens is 382 g/mol. The van der Waals surface area contributed by atoms with Crippen molar-refractivity contribution in [2.45, 2.75) is 25.4 Å². The number of methoxy groups -OCH3 is 1. The molecular formula is C20H20F2N4O3. The van der Waals surface area contributed by atoms with Crippen LogP contribution < -0.4 is 10.1 Å². The van der Waals surface area contributed by atoms with Gasteiger partial charge in [-0.25, -0.2) is 18.3 Å². The number of halogens is 2. The molecule has 4 rings (SSSR count). The lowest BCUT2D eigenvalue weighted by Gasteiger charge is -2.11. The first-order valence-electron chi connectivity index (χ1n) is 9.28. The Labute approximate surface area is 165 Å². The maximum atomic E-state index is 13.6. The molecule has 0 bridgehead atoms. The van der Waals surface area contributed by atoms with Crippen LogP contribution in [0.2, 0.25) is 0 Å². The van der Waals surface area contributed by atoms with Crippen LogP contribution in [0.3, 0.4) is 0 Å². The summed E-state index contributed by atoms with van der Waals surface area (Å²) in [7, 11) is 1.54. The first kappa shape index (κ1) is 19.3. The highest BCUT2D eigenvalue weighted by Gasteiger charge is 2.23. The van der Waals surface area contributed by atoms with Crippen molar-refractivity contribution in [2.24, 2.45) is 0 Å². The maximum Gasteiger partial charge on any atom is 0.280 e. The minimum Gasteiger partial charge on any atom is -0.497 e. The first-order valence-corrected chi connectivity index (χ1v) is 9.28. The molecule has 1 amide bonds. The van der Waals surface area contributed by atoms with Gasteiger partial charge in [0.15, 0.2) is 5.65 Å². The molecule has 1 saturated heterocycles. The van der Waals surface area contributed by atoms with E-state index in [1.54, 1.807) is 31.4 Å². The van der Waals surface area contributed by atoms with Crippen LogP contribution in [0.5, 0.6) is 5.75 Å². The Kier molecular flexibility index (Phi) is 5.39. The van der Waals surface area contributed by atoms with Crippen molar-refractivity contribution in [3.8, 4) is 17.0 Å². The van der Waals surface area contributed by atoms with E-state index in [2.05, 4.69) is 15.4 Å². The number of fused-ring (bicyclic) bond motifs is 1. The number of hydrogen-bond acceptors (Lipinski definition) is 5. The lowest BCUT2D eigenvalue weighted by molar-refractivity contribution is 0.0859. The van der Waals surface area contributed by atoms with Gasteiger partial charge in [0.05, 0.1) is 25.1 Å². The van der Waals surface area contributed by atoms with E-state index < -0.39 is 12.3 Å². The quantitative estimate of drug-likeness (QED) is 0.685. The van der Waals surface area contributed by atoms with Gasteiger partial charge in [0.1, 0.15) is 17.0 Å². The molecule has 3 aromatic rings. The van der Waals surface area contributed by atoms with E-state index in [1.165, 1.54) is 12.3 Å². The Balaban J connectivity index is 1.70. The fraction of sp³-hybridized carbons (Fsp3) is 0.350. The molecule has 152 valence electrons. The summed E-state index contributed by atoms with van der Waals surface area (Å²) in [5, 5.41) is 6.75. The highest BCUT2D eigenvalue weighted by Crippen LogP contribution is 2.28. The fourth-order valence-electron chi connectivity index (χ4n) is 3.32. The third-order valence-corrected chi connectivity index (χ3v) is 4.87. The summed E-state index contributed by atoms with van der Waals surface area (Å²) in [6.45, 7) is 1.04. The predicted octanol–water partition coefficient (Wildman–Crippen LogP) is 3.25. The van der Waals surface area contributed by atoms with Crippen LogP contribution in [0, 0.1) is 0 Å². The van der Waals surface area contributed by atoms with Gasteiger partial charge in [-0.2, -0.15) is 5.10 Å². The van der Waals surface area contributed by atoms with Crippen LogP contribution >= 0.6 is 0 Å². The van der Waals surface area contributed by atoms with Gasteiger partial charge in [-0.05, 0) is 43.2 Å². The number of carbonyl (C=O) groups is 1. The SMILES string of the molecule is COc1ccc(-c2cc(C(F)F)n3ncc(C(=O)NC[C@H]4CCCO4)c3n2)cc1. The normalized spacial score (nSPS) is 16.5. The van der Waals surface area contributed by atoms with Gasteiger partial charge in [-0.3, -0.25) is 4.79 Å². The number of aromatic nitrogens is 3. The van der Waals surface area contributed by atoms with E-state index in [4.69, 9.17) is 9.47 Å². The number of benzene rings is 1. The second-order valence-electron chi connectivity index (χ2n) is 6.73. The molecule has 1 N–H and O–H groups in total. The minimum absolute atomic E-state index is 0.0276. The van der Waals surface area contributed by atoms with Gasteiger partial charge >= 0.3 is 0 Å². The smallest absolute Gasteiger partial charge is 0.280 e. The average Bonchev–Trinajstić information content (AvgIpc) is 3.41. The molecule has 9 heteroatoms. The summed E-state index contributed by atoms with van der Waals surface area (Å²) in [6, 6.07) is 8.16. The van der Waals surface area contributed by atoms with Gasteiger partial charge in [0.25, 0.3) is 12.3 Å². The summed E-state index contributed by atoms with van der Waals surface area (Å²) in [5.74, 6) is 0.220. The summed E-state index contributed by atoms with van der Waals surface area (Å²) in [4.78, 5) is 17.1. The van der Waals surface area contributed by atoms with Gasteiger partial charge in [0.2, 0.25) is 0 Å². The third-order valence-electron chi connectivity index (χ3n) is 4.87. The highest BCUT2D eigenvalue weighted by atomic mass is 19.3. The van der Waals surface area contributed by atoms with E-state index >= 15 is 0 Å².